The van der Waals surface area contributed by atoms with Crippen molar-refractivity contribution in [1.29, 1.82) is 0 Å². The maximum atomic E-state index is 6.54. The summed E-state index contributed by atoms with van der Waals surface area (Å²) < 4.78 is 6.54. The Labute approximate surface area is 199 Å². The van der Waals surface area contributed by atoms with Gasteiger partial charge in [0.1, 0.15) is 11.5 Å². The lowest BCUT2D eigenvalue weighted by molar-refractivity contribution is 0.486. The van der Waals surface area contributed by atoms with Gasteiger partial charge in [0, 0.05) is 11.1 Å². The minimum absolute atomic E-state index is 0.135. The molecule has 0 amide bonds. The summed E-state index contributed by atoms with van der Waals surface area (Å²) in [7, 11) is 0. The molecule has 0 N–H and O–H groups in total. The van der Waals surface area contributed by atoms with Gasteiger partial charge in [-0.05, 0) is 45.2 Å². The van der Waals surface area contributed by atoms with E-state index in [-0.39, 0.29) is 10.8 Å². The zero-order chi connectivity index (χ0) is 23.6. The topological polar surface area (TPSA) is 9.23 Å². The van der Waals surface area contributed by atoms with Crippen LogP contribution in [-0.4, -0.2) is 0 Å². The highest BCUT2D eigenvalue weighted by Gasteiger charge is 2.16. The predicted octanol–water partition coefficient (Wildman–Crippen LogP) is 9.41. The molecule has 33 heavy (non-hydrogen) atoms. The van der Waals surface area contributed by atoms with E-state index in [2.05, 4.69) is 114 Å². The van der Waals surface area contributed by atoms with Gasteiger partial charge in [0.25, 0.3) is 0 Å². The first-order chi connectivity index (χ1) is 15.6. The van der Waals surface area contributed by atoms with Crippen LogP contribution >= 0.6 is 0 Å². The SMILES string of the molecule is CC(C)(C)c1ccc(-c2ccccc2Oc2ccccc2-c2ccc(C(C)(C)C)cc2)cc1. The summed E-state index contributed by atoms with van der Waals surface area (Å²) in [4.78, 5) is 0. The Morgan fingerprint density at radius 3 is 1.09 bits per heavy atom. The fourth-order valence-electron chi connectivity index (χ4n) is 4.01. The second kappa shape index (κ2) is 8.90. The van der Waals surface area contributed by atoms with Crippen LogP contribution in [0.4, 0.5) is 0 Å². The van der Waals surface area contributed by atoms with Gasteiger partial charge in [-0.2, -0.15) is 0 Å². The molecule has 0 unspecified atom stereocenters. The van der Waals surface area contributed by atoms with Crippen molar-refractivity contribution in [2.45, 2.75) is 52.4 Å². The normalized spacial score (nSPS) is 11.9. The standard InChI is InChI=1S/C32H34O/c1-31(2,3)25-19-15-23(16-20-25)27-11-7-9-13-29(27)33-30-14-10-8-12-28(30)24-17-21-26(22-18-24)32(4,5)6/h7-22H,1-6H3. The average molecular weight is 435 g/mol. The first-order valence-corrected chi connectivity index (χ1v) is 11.7. The maximum absolute atomic E-state index is 6.54. The van der Waals surface area contributed by atoms with E-state index in [4.69, 9.17) is 4.74 Å². The second-order valence-electron chi connectivity index (χ2n) is 10.7. The summed E-state index contributed by atoms with van der Waals surface area (Å²) in [5, 5.41) is 0. The van der Waals surface area contributed by atoms with Crippen molar-refractivity contribution < 1.29 is 4.74 Å². The van der Waals surface area contributed by atoms with Gasteiger partial charge in [-0.25, -0.2) is 0 Å². The smallest absolute Gasteiger partial charge is 0.135 e. The molecule has 4 aromatic carbocycles. The zero-order valence-electron chi connectivity index (χ0n) is 20.6. The number of rotatable bonds is 4. The molecule has 0 aliphatic carbocycles. The molecule has 0 spiro atoms. The Hall–Kier alpha value is -3.32. The summed E-state index contributed by atoms with van der Waals surface area (Å²) in [5.41, 5.74) is 7.43. The van der Waals surface area contributed by atoms with Crippen LogP contribution < -0.4 is 4.74 Å². The van der Waals surface area contributed by atoms with Crippen LogP contribution in [0.15, 0.2) is 97.1 Å². The van der Waals surface area contributed by atoms with Crippen LogP contribution in [-0.2, 0) is 10.8 Å². The fourth-order valence-corrected chi connectivity index (χ4v) is 4.01. The Morgan fingerprint density at radius 1 is 0.424 bits per heavy atom. The molecule has 1 nitrogen and oxygen atoms in total. The Balaban J connectivity index is 1.68. The molecular weight excluding hydrogens is 400 g/mol. The molecular formula is C32H34O. The van der Waals surface area contributed by atoms with Crippen molar-refractivity contribution in [3.63, 3.8) is 0 Å². The number of ether oxygens (including phenoxy) is 1. The lowest BCUT2D eigenvalue weighted by atomic mass is 9.86. The number of hydrogen-bond acceptors (Lipinski definition) is 1. The number of benzene rings is 4. The molecule has 0 aliphatic heterocycles. The van der Waals surface area contributed by atoms with Gasteiger partial charge >= 0.3 is 0 Å². The van der Waals surface area contributed by atoms with Crippen LogP contribution in [0.1, 0.15) is 52.7 Å². The third-order valence-corrected chi connectivity index (χ3v) is 6.12. The molecule has 0 heterocycles. The van der Waals surface area contributed by atoms with Crippen molar-refractivity contribution >= 4 is 0 Å². The summed E-state index contributed by atoms with van der Waals surface area (Å²) in [6, 6.07) is 34.2. The van der Waals surface area contributed by atoms with E-state index in [1.807, 2.05) is 24.3 Å². The molecule has 1 heteroatoms. The third-order valence-electron chi connectivity index (χ3n) is 6.12. The maximum Gasteiger partial charge on any atom is 0.135 e. The fraction of sp³-hybridized carbons (Fsp3) is 0.250. The second-order valence-corrected chi connectivity index (χ2v) is 10.7. The summed E-state index contributed by atoms with van der Waals surface area (Å²) in [5.74, 6) is 1.72. The highest BCUT2D eigenvalue weighted by atomic mass is 16.5. The van der Waals surface area contributed by atoms with Crippen LogP contribution in [0.5, 0.6) is 11.5 Å². The molecule has 0 radical (unpaired) electrons. The third kappa shape index (κ3) is 5.20. The minimum atomic E-state index is 0.135. The van der Waals surface area contributed by atoms with Gasteiger partial charge in [-0.15, -0.1) is 0 Å². The molecule has 168 valence electrons. The van der Waals surface area contributed by atoms with Crippen LogP contribution in [0.2, 0.25) is 0 Å². The van der Waals surface area contributed by atoms with Crippen molar-refractivity contribution in [3.8, 4) is 33.8 Å². The molecule has 4 aromatic rings. The minimum Gasteiger partial charge on any atom is -0.456 e. The van der Waals surface area contributed by atoms with Crippen molar-refractivity contribution in [3.05, 3.63) is 108 Å². The molecule has 0 atom stereocenters. The van der Waals surface area contributed by atoms with E-state index in [1.54, 1.807) is 0 Å². The molecule has 4 rings (SSSR count). The summed E-state index contributed by atoms with van der Waals surface area (Å²) in [6.07, 6.45) is 0. The molecule has 0 saturated carbocycles. The highest BCUT2D eigenvalue weighted by Crippen LogP contribution is 2.38. The highest BCUT2D eigenvalue weighted by molar-refractivity contribution is 5.74. The van der Waals surface area contributed by atoms with Gasteiger partial charge in [-0.3, -0.25) is 0 Å². The molecule has 0 aliphatic rings. The van der Waals surface area contributed by atoms with Crippen LogP contribution in [0.3, 0.4) is 0 Å². The van der Waals surface area contributed by atoms with Gasteiger partial charge < -0.3 is 4.74 Å². The van der Waals surface area contributed by atoms with E-state index in [9.17, 15) is 0 Å². The van der Waals surface area contributed by atoms with E-state index in [1.165, 1.54) is 11.1 Å². The van der Waals surface area contributed by atoms with Crippen molar-refractivity contribution in [1.82, 2.24) is 0 Å². The molecule has 0 fully saturated rings. The first kappa shape index (κ1) is 22.9. The number of hydrogen-bond donors (Lipinski definition) is 0. The van der Waals surface area contributed by atoms with Gasteiger partial charge in [0.05, 0.1) is 0 Å². The van der Waals surface area contributed by atoms with Gasteiger partial charge in [0.15, 0.2) is 0 Å². The van der Waals surface area contributed by atoms with E-state index < -0.39 is 0 Å². The lowest BCUT2D eigenvalue weighted by Crippen LogP contribution is -2.10. The van der Waals surface area contributed by atoms with Crippen molar-refractivity contribution in [2.75, 3.05) is 0 Å². The molecule has 0 saturated heterocycles. The van der Waals surface area contributed by atoms with E-state index in [0.717, 1.165) is 33.8 Å². The van der Waals surface area contributed by atoms with Crippen LogP contribution in [0, 0.1) is 0 Å². The van der Waals surface area contributed by atoms with Crippen LogP contribution in [0.25, 0.3) is 22.3 Å². The van der Waals surface area contributed by atoms with Crippen molar-refractivity contribution in [2.24, 2.45) is 0 Å². The summed E-state index contributed by atoms with van der Waals surface area (Å²) >= 11 is 0. The van der Waals surface area contributed by atoms with E-state index >= 15 is 0 Å². The summed E-state index contributed by atoms with van der Waals surface area (Å²) in [6.45, 7) is 13.4. The quantitative estimate of drug-likeness (QED) is 0.311. The zero-order valence-corrected chi connectivity index (χ0v) is 20.6. The Morgan fingerprint density at radius 2 is 0.758 bits per heavy atom. The number of para-hydroxylation sites is 2. The Kier molecular flexibility index (Phi) is 6.17. The van der Waals surface area contributed by atoms with Gasteiger partial charge in [-0.1, -0.05) is 126 Å². The Bertz CT molecular complexity index is 1120. The first-order valence-electron chi connectivity index (χ1n) is 11.7. The molecule has 0 bridgehead atoms. The predicted molar refractivity (Wildman–Crippen MR) is 141 cm³/mol. The largest absolute Gasteiger partial charge is 0.456 e. The van der Waals surface area contributed by atoms with Gasteiger partial charge in [0.2, 0.25) is 0 Å². The average Bonchev–Trinajstić information content (AvgIpc) is 2.79. The molecule has 0 aromatic heterocycles. The lowest BCUT2D eigenvalue weighted by Gasteiger charge is -2.20. The monoisotopic (exact) mass is 434 g/mol. The van der Waals surface area contributed by atoms with E-state index in [0.29, 0.717) is 0 Å².